The first kappa shape index (κ1) is 11.5. The summed E-state index contributed by atoms with van der Waals surface area (Å²) in [6.07, 6.45) is 2.00. The van der Waals surface area contributed by atoms with Crippen molar-refractivity contribution in [2.45, 2.75) is 6.04 Å². The third-order valence-electron chi connectivity index (χ3n) is 2.38. The topological polar surface area (TPSA) is 32.6 Å². The molecule has 0 atom stereocenters. The zero-order valence-electron chi connectivity index (χ0n) is 9.11. The Morgan fingerprint density at radius 1 is 1.21 bits per heavy atom. The van der Waals surface area contributed by atoms with Crippen molar-refractivity contribution in [2.75, 3.05) is 21.3 Å². The van der Waals surface area contributed by atoms with Gasteiger partial charge < -0.3 is 17.8 Å². The molecule has 0 radical (unpaired) electrons. The largest absolute Gasteiger partial charge is 0.506 e. The Labute approximate surface area is 85.8 Å². The molecule has 0 spiro atoms. The Balaban J connectivity index is 2.79. The molecule has 0 saturated carbocycles. The lowest BCUT2D eigenvalue weighted by Gasteiger charge is -2.24. The van der Waals surface area contributed by atoms with Crippen molar-refractivity contribution in [1.29, 1.82) is 0 Å². The molecule has 0 unspecified atom stereocenters. The van der Waals surface area contributed by atoms with Crippen LogP contribution in [0, 0.1) is 0 Å². The number of hydrogen-bond acceptors (Lipinski definition) is 3. The molecule has 5 heteroatoms. The van der Waals surface area contributed by atoms with Gasteiger partial charge in [0.2, 0.25) is 0 Å². The average molecular weight is 215 g/mol. The van der Waals surface area contributed by atoms with Crippen LogP contribution < -0.4 is 0 Å². The van der Waals surface area contributed by atoms with Crippen molar-refractivity contribution in [3.05, 3.63) is 24.0 Å². The number of nitrogens with zero attached hydrogens (tertiary/aromatic N) is 1. The predicted molar refractivity (Wildman–Crippen MR) is 55.9 cm³/mol. The van der Waals surface area contributed by atoms with Gasteiger partial charge in [0.25, 0.3) is 0 Å². The molecule has 80 valence electrons. The molecule has 1 aromatic heterocycles. The Morgan fingerprint density at radius 2 is 1.79 bits per heavy atom. The van der Waals surface area contributed by atoms with Crippen LogP contribution in [0.15, 0.2) is 18.3 Å². The first-order valence-electron chi connectivity index (χ1n) is 4.43. The molecular weight excluding hydrogens is 198 g/mol. The maximum atomic E-state index is 5.35. The molecule has 0 fully saturated rings. The molecule has 4 nitrogen and oxygen atoms in total. The summed E-state index contributed by atoms with van der Waals surface area (Å²) in [5.41, 5.74) is 1.15. The van der Waals surface area contributed by atoms with Crippen LogP contribution in [0.2, 0.25) is 0 Å². The highest BCUT2D eigenvalue weighted by Gasteiger charge is 2.38. The smallest absolute Gasteiger partial charge is 0.377 e. The van der Waals surface area contributed by atoms with Crippen LogP contribution in [0.25, 0.3) is 0 Å². The van der Waals surface area contributed by atoms with Gasteiger partial charge in [-0.1, -0.05) is 0 Å². The van der Waals surface area contributed by atoms with Crippen molar-refractivity contribution >= 4 is 8.80 Å². The van der Waals surface area contributed by atoms with Crippen LogP contribution in [0.5, 0.6) is 0 Å². The van der Waals surface area contributed by atoms with Crippen LogP contribution in [0.4, 0.5) is 0 Å². The second kappa shape index (κ2) is 4.74. The van der Waals surface area contributed by atoms with Crippen LogP contribution in [0.1, 0.15) is 5.69 Å². The third-order valence-corrected chi connectivity index (χ3v) is 5.04. The van der Waals surface area contributed by atoms with Gasteiger partial charge in [0.1, 0.15) is 0 Å². The predicted octanol–water partition coefficient (Wildman–Crippen LogP) is 0.985. The molecule has 0 saturated heterocycles. The molecule has 0 aliphatic carbocycles. The number of aryl methyl sites for hydroxylation is 1. The second-order valence-corrected chi connectivity index (χ2v) is 6.03. The van der Waals surface area contributed by atoms with Gasteiger partial charge in [-0.15, -0.1) is 0 Å². The molecule has 0 aromatic carbocycles. The lowest BCUT2D eigenvalue weighted by Crippen LogP contribution is -2.46. The van der Waals surface area contributed by atoms with Gasteiger partial charge in [0.05, 0.1) is 6.04 Å². The minimum Gasteiger partial charge on any atom is -0.377 e. The molecule has 0 N–H and O–H groups in total. The van der Waals surface area contributed by atoms with Crippen molar-refractivity contribution < 1.29 is 13.3 Å². The van der Waals surface area contributed by atoms with E-state index in [9.17, 15) is 0 Å². The maximum Gasteiger partial charge on any atom is 0.506 e. The first-order valence-corrected chi connectivity index (χ1v) is 6.36. The molecule has 14 heavy (non-hydrogen) atoms. The fourth-order valence-electron chi connectivity index (χ4n) is 1.37. The Kier molecular flexibility index (Phi) is 3.88. The average Bonchev–Trinajstić information content (AvgIpc) is 2.61. The standard InChI is InChI=1S/C9H17NO3Si/c1-10-7-5-6-9(10)8-14(11-2,12-3)13-4/h5-7H,8H2,1-4H3. The lowest BCUT2D eigenvalue weighted by molar-refractivity contribution is 0.122. The highest BCUT2D eigenvalue weighted by Crippen LogP contribution is 2.14. The molecule has 1 aromatic rings. The van der Waals surface area contributed by atoms with E-state index in [0.29, 0.717) is 6.04 Å². The maximum absolute atomic E-state index is 5.35. The summed E-state index contributed by atoms with van der Waals surface area (Å²) < 4.78 is 18.1. The van der Waals surface area contributed by atoms with E-state index >= 15 is 0 Å². The fraction of sp³-hybridized carbons (Fsp3) is 0.556. The highest BCUT2D eigenvalue weighted by atomic mass is 28.4. The summed E-state index contributed by atoms with van der Waals surface area (Å²) in [5, 5.41) is 0. The first-order chi connectivity index (χ1) is 6.67. The molecule has 0 bridgehead atoms. The molecule has 1 heterocycles. The van der Waals surface area contributed by atoms with Crippen molar-refractivity contribution in [3.8, 4) is 0 Å². The van der Waals surface area contributed by atoms with Gasteiger partial charge in [0.15, 0.2) is 0 Å². The van der Waals surface area contributed by atoms with Crippen molar-refractivity contribution in [3.63, 3.8) is 0 Å². The normalized spacial score (nSPS) is 12.0. The highest BCUT2D eigenvalue weighted by molar-refractivity contribution is 6.59. The molecule has 0 aliphatic heterocycles. The third kappa shape index (κ3) is 2.24. The summed E-state index contributed by atoms with van der Waals surface area (Å²) in [4.78, 5) is 0. The van der Waals surface area contributed by atoms with Gasteiger partial charge in [0, 0.05) is 40.3 Å². The van der Waals surface area contributed by atoms with Crippen LogP contribution >= 0.6 is 0 Å². The summed E-state index contributed by atoms with van der Waals surface area (Å²) in [6, 6.07) is 4.73. The van der Waals surface area contributed by atoms with E-state index in [1.54, 1.807) is 21.3 Å². The van der Waals surface area contributed by atoms with Gasteiger partial charge in [-0.05, 0) is 12.1 Å². The van der Waals surface area contributed by atoms with Gasteiger partial charge in [-0.25, -0.2) is 0 Å². The van der Waals surface area contributed by atoms with E-state index in [-0.39, 0.29) is 0 Å². The van der Waals surface area contributed by atoms with Crippen LogP contribution in [-0.2, 0) is 26.4 Å². The zero-order chi connectivity index (χ0) is 10.6. The number of hydrogen-bond donors (Lipinski definition) is 0. The van der Waals surface area contributed by atoms with E-state index < -0.39 is 8.80 Å². The van der Waals surface area contributed by atoms with Crippen molar-refractivity contribution in [1.82, 2.24) is 4.57 Å². The van der Waals surface area contributed by atoms with Crippen LogP contribution in [-0.4, -0.2) is 34.7 Å². The summed E-state index contributed by atoms with van der Waals surface area (Å²) in [5.74, 6) is 0. The summed E-state index contributed by atoms with van der Waals surface area (Å²) in [6.45, 7) is 0. The minimum absolute atomic E-state index is 0.694. The van der Waals surface area contributed by atoms with Gasteiger partial charge in [-0.2, -0.15) is 0 Å². The van der Waals surface area contributed by atoms with Gasteiger partial charge >= 0.3 is 8.80 Å². The summed E-state index contributed by atoms with van der Waals surface area (Å²) in [7, 11) is 4.40. The lowest BCUT2D eigenvalue weighted by atomic mass is 10.5. The minimum atomic E-state index is -2.47. The Morgan fingerprint density at radius 3 is 2.14 bits per heavy atom. The van der Waals surface area contributed by atoms with E-state index in [1.165, 1.54) is 0 Å². The number of rotatable bonds is 5. The zero-order valence-corrected chi connectivity index (χ0v) is 10.1. The van der Waals surface area contributed by atoms with Crippen LogP contribution in [0.3, 0.4) is 0 Å². The molecular formula is C9H17NO3Si. The van der Waals surface area contributed by atoms with Crippen molar-refractivity contribution in [2.24, 2.45) is 7.05 Å². The van der Waals surface area contributed by atoms with E-state index in [1.807, 2.05) is 29.9 Å². The second-order valence-electron chi connectivity index (χ2n) is 3.08. The van der Waals surface area contributed by atoms with E-state index in [2.05, 4.69) is 0 Å². The number of aromatic nitrogens is 1. The fourth-order valence-corrected chi connectivity index (χ4v) is 3.11. The molecule has 0 amide bonds. The Bertz CT molecular complexity index is 275. The quantitative estimate of drug-likeness (QED) is 0.687. The SMILES string of the molecule is CO[Si](Cc1cccn1C)(OC)OC. The van der Waals surface area contributed by atoms with E-state index in [0.717, 1.165) is 5.69 Å². The summed E-state index contributed by atoms with van der Waals surface area (Å²) >= 11 is 0. The van der Waals surface area contributed by atoms with E-state index in [4.69, 9.17) is 13.3 Å². The molecule has 0 aliphatic rings. The van der Waals surface area contributed by atoms with Gasteiger partial charge in [-0.3, -0.25) is 0 Å². The Hall–Kier alpha value is -0.623. The molecule has 1 rings (SSSR count). The monoisotopic (exact) mass is 215 g/mol.